The molecule has 1 aliphatic heterocycles. The SMILES string of the molecule is CC1(C)OB(c2ccc(OC(=O)n3cc4ccc(F)cc4c3)cc2)OC1(C)C. The summed E-state index contributed by atoms with van der Waals surface area (Å²) in [6.07, 6.45) is 2.58. The second kappa shape index (κ2) is 6.46. The van der Waals surface area contributed by atoms with Gasteiger partial charge >= 0.3 is 13.2 Å². The van der Waals surface area contributed by atoms with Crippen molar-refractivity contribution in [1.82, 2.24) is 4.57 Å². The molecule has 1 aromatic heterocycles. The van der Waals surface area contributed by atoms with Crippen molar-refractivity contribution in [2.45, 2.75) is 38.9 Å². The zero-order valence-corrected chi connectivity index (χ0v) is 16.2. The number of carbonyl (C=O) groups excluding carboxylic acids is 1. The minimum Gasteiger partial charge on any atom is -0.410 e. The van der Waals surface area contributed by atoms with Crippen molar-refractivity contribution in [2.24, 2.45) is 0 Å². The van der Waals surface area contributed by atoms with Crippen LogP contribution in [0.4, 0.5) is 9.18 Å². The molecular formula is C21H21BFNO4. The van der Waals surface area contributed by atoms with Crippen molar-refractivity contribution in [3.63, 3.8) is 0 Å². The number of rotatable bonds is 2. The van der Waals surface area contributed by atoms with Gasteiger partial charge in [-0.3, -0.25) is 4.57 Å². The van der Waals surface area contributed by atoms with E-state index < -0.39 is 24.4 Å². The normalized spacial score (nSPS) is 17.8. The zero-order chi connectivity index (χ0) is 20.1. The first kappa shape index (κ1) is 18.7. The number of nitrogens with zero attached hydrogens (tertiary/aromatic N) is 1. The van der Waals surface area contributed by atoms with E-state index in [0.717, 1.165) is 10.8 Å². The molecular weight excluding hydrogens is 360 g/mol. The molecule has 0 N–H and O–H groups in total. The first-order valence-corrected chi connectivity index (χ1v) is 9.10. The summed E-state index contributed by atoms with van der Waals surface area (Å²) in [5, 5.41) is 1.39. The van der Waals surface area contributed by atoms with Crippen molar-refractivity contribution in [3.8, 4) is 5.75 Å². The Morgan fingerprint density at radius 3 is 2.21 bits per heavy atom. The van der Waals surface area contributed by atoms with E-state index in [1.54, 1.807) is 30.6 Å². The third-order valence-electron chi connectivity index (χ3n) is 5.43. The Kier molecular flexibility index (Phi) is 4.32. The molecule has 4 rings (SSSR count). The van der Waals surface area contributed by atoms with Gasteiger partial charge in [-0.25, -0.2) is 9.18 Å². The van der Waals surface area contributed by atoms with Gasteiger partial charge in [0.25, 0.3) is 0 Å². The third kappa shape index (κ3) is 3.32. The van der Waals surface area contributed by atoms with Gasteiger partial charge in [0.05, 0.1) is 11.2 Å². The fraction of sp³-hybridized carbons (Fsp3) is 0.286. The first-order chi connectivity index (χ1) is 13.1. The predicted molar refractivity (Wildman–Crippen MR) is 105 cm³/mol. The lowest BCUT2D eigenvalue weighted by Crippen LogP contribution is -2.41. The molecule has 0 aliphatic carbocycles. The molecule has 0 saturated carbocycles. The Labute approximate surface area is 163 Å². The van der Waals surface area contributed by atoms with E-state index in [4.69, 9.17) is 14.0 Å². The van der Waals surface area contributed by atoms with Crippen molar-refractivity contribution < 1.29 is 23.2 Å². The van der Waals surface area contributed by atoms with E-state index in [9.17, 15) is 9.18 Å². The molecule has 3 aromatic rings. The van der Waals surface area contributed by atoms with Gasteiger partial charge in [0.2, 0.25) is 0 Å². The number of carbonyl (C=O) groups is 1. The highest BCUT2D eigenvalue weighted by molar-refractivity contribution is 6.62. The average Bonchev–Trinajstić information content (AvgIpc) is 3.13. The standard InChI is InChI=1S/C21H21BFNO4/c1-20(2)21(3,4)28-22(27-20)16-6-9-18(10-7-16)26-19(25)24-12-14-5-8-17(23)11-15(14)13-24/h5-13H,1-4H3. The van der Waals surface area contributed by atoms with E-state index in [2.05, 4.69) is 0 Å². The summed E-state index contributed by atoms with van der Waals surface area (Å²) in [5.74, 6) is 0.0473. The molecule has 2 heterocycles. The smallest absolute Gasteiger partial charge is 0.410 e. The van der Waals surface area contributed by atoms with Gasteiger partial charge < -0.3 is 14.0 Å². The largest absolute Gasteiger partial charge is 0.494 e. The Balaban J connectivity index is 1.47. The topological polar surface area (TPSA) is 49.7 Å². The molecule has 0 atom stereocenters. The molecule has 1 fully saturated rings. The summed E-state index contributed by atoms with van der Waals surface area (Å²) < 4.78 is 32.1. The lowest BCUT2D eigenvalue weighted by Gasteiger charge is -2.32. The highest BCUT2D eigenvalue weighted by Crippen LogP contribution is 2.36. The third-order valence-corrected chi connectivity index (χ3v) is 5.43. The fourth-order valence-electron chi connectivity index (χ4n) is 3.04. The van der Waals surface area contributed by atoms with Gasteiger partial charge in [-0.15, -0.1) is 0 Å². The van der Waals surface area contributed by atoms with Crippen LogP contribution in [-0.2, 0) is 9.31 Å². The molecule has 144 valence electrons. The maximum Gasteiger partial charge on any atom is 0.494 e. The summed E-state index contributed by atoms with van der Waals surface area (Å²) in [4.78, 5) is 12.4. The monoisotopic (exact) mass is 381 g/mol. The number of benzene rings is 2. The van der Waals surface area contributed by atoms with Gasteiger partial charge in [-0.05, 0) is 63.5 Å². The summed E-state index contributed by atoms with van der Waals surface area (Å²) in [6, 6.07) is 11.4. The zero-order valence-electron chi connectivity index (χ0n) is 16.2. The Hall–Kier alpha value is -2.64. The van der Waals surface area contributed by atoms with Crippen LogP contribution in [0.25, 0.3) is 10.8 Å². The van der Waals surface area contributed by atoms with E-state index in [1.165, 1.54) is 16.7 Å². The minimum absolute atomic E-state index is 0.350. The molecule has 0 unspecified atom stereocenters. The van der Waals surface area contributed by atoms with E-state index in [1.807, 2.05) is 39.8 Å². The molecule has 7 heteroatoms. The number of halogens is 1. The summed E-state index contributed by atoms with van der Waals surface area (Å²) in [6.45, 7) is 7.98. The Bertz CT molecular complexity index is 1030. The average molecular weight is 381 g/mol. The molecule has 28 heavy (non-hydrogen) atoms. The lowest BCUT2D eigenvalue weighted by molar-refractivity contribution is 0.00578. The van der Waals surface area contributed by atoms with Crippen molar-refractivity contribution in [3.05, 3.63) is 60.7 Å². The number of ether oxygens (including phenoxy) is 1. The Morgan fingerprint density at radius 2 is 1.57 bits per heavy atom. The second-order valence-corrected chi connectivity index (χ2v) is 7.96. The van der Waals surface area contributed by atoms with Crippen LogP contribution in [0.1, 0.15) is 27.7 Å². The second-order valence-electron chi connectivity index (χ2n) is 7.96. The highest BCUT2D eigenvalue weighted by atomic mass is 19.1. The molecule has 0 radical (unpaired) electrons. The fourth-order valence-corrected chi connectivity index (χ4v) is 3.04. The van der Waals surface area contributed by atoms with Crippen molar-refractivity contribution >= 4 is 29.4 Å². The molecule has 5 nitrogen and oxygen atoms in total. The van der Waals surface area contributed by atoms with Crippen LogP contribution in [0.15, 0.2) is 54.9 Å². The quantitative estimate of drug-likeness (QED) is 0.627. The van der Waals surface area contributed by atoms with Crippen molar-refractivity contribution in [1.29, 1.82) is 0 Å². The van der Waals surface area contributed by atoms with Gasteiger partial charge in [0, 0.05) is 23.2 Å². The van der Waals surface area contributed by atoms with Crippen LogP contribution in [0.2, 0.25) is 0 Å². The molecule has 2 aromatic carbocycles. The van der Waals surface area contributed by atoms with Crippen molar-refractivity contribution in [2.75, 3.05) is 0 Å². The van der Waals surface area contributed by atoms with Gasteiger partial charge in [-0.1, -0.05) is 12.1 Å². The lowest BCUT2D eigenvalue weighted by atomic mass is 9.79. The van der Waals surface area contributed by atoms with Crippen LogP contribution in [-0.4, -0.2) is 29.0 Å². The van der Waals surface area contributed by atoms with Gasteiger partial charge in [0.15, 0.2) is 0 Å². The molecule has 0 bridgehead atoms. The predicted octanol–water partition coefficient (Wildman–Crippen LogP) is 4.13. The summed E-state index contributed by atoms with van der Waals surface area (Å²) in [5.41, 5.74) is 0.0119. The number of hydrogen-bond acceptors (Lipinski definition) is 4. The first-order valence-electron chi connectivity index (χ1n) is 9.10. The summed E-state index contributed by atoms with van der Waals surface area (Å²) >= 11 is 0. The summed E-state index contributed by atoms with van der Waals surface area (Å²) in [7, 11) is -0.473. The number of aromatic nitrogens is 1. The molecule has 1 aliphatic rings. The highest BCUT2D eigenvalue weighted by Gasteiger charge is 2.51. The maximum absolute atomic E-state index is 13.3. The molecule has 0 spiro atoms. The number of fused-ring (bicyclic) bond motifs is 1. The van der Waals surface area contributed by atoms with Crippen LogP contribution in [0.5, 0.6) is 5.75 Å². The molecule has 0 amide bonds. The van der Waals surface area contributed by atoms with Gasteiger partial charge in [-0.2, -0.15) is 0 Å². The van der Waals surface area contributed by atoms with E-state index in [-0.39, 0.29) is 5.82 Å². The maximum atomic E-state index is 13.3. The van der Waals surface area contributed by atoms with Crippen LogP contribution < -0.4 is 10.2 Å². The minimum atomic E-state index is -0.569. The number of hydrogen-bond donors (Lipinski definition) is 0. The van der Waals surface area contributed by atoms with Crippen LogP contribution >= 0.6 is 0 Å². The van der Waals surface area contributed by atoms with Crippen LogP contribution in [0, 0.1) is 5.82 Å². The van der Waals surface area contributed by atoms with Gasteiger partial charge in [0.1, 0.15) is 11.6 Å². The van der Waals surface area contributed by atoms with E-state index in [0.29, 0.717) is 11.1 Å². The van der Waals surface area contributed by atoms with Crippen LogP contribution in [0.3, 0.4) is 0 Å². The molecule has 1 saturated heterocycles. The van der Waals surface area contributed by atoms with E-state index >= 15 is 0 Å². The Morgan fingerprint density at radius 1 is 0.964 bits per heavy atom.